The van der Waals surface area contributed by atoms with Crippen molar-refractivity contribution in [2.75, 3.05) is 13.7 Å². The quantitative estimate of drug-likeness (QED) is 0.833. The number of hydrogen-bond acceptors (Lipinski definition) is 3. The smallest absolute Gasteiger partial charge is 0.302 e. The second-order valence-corrected chi connectivity index (χ2v) is 4.37. The highest BCUT2D eigenvalue weighted by Crippen LogP contribution is 2.23. The lowest BCUT2D eigenvalue weighted by Crippen LogP contribution is -2.23. The number of esters is 1. The summed E-state index contributed by atoms with van der Waals surface area (Å²) in [6.07, 6.45) is 0.254. The number of carbonyl (C=O) groups is 2. The molecule has 0 heterocycles. The molecule has 1 aromatic carbocycles. The molecule has 0 spiro atoms. The highest BCUT2D eigenvalue weighted by atomic mass is 35.5. The van der Waals surface area contributed by atoms with Gasteiger partial charge in [-0.15, -0.1) is 0 Å². The molecule has 0 aliphatic rings. The Morgan fingerprint density at radius 2 is 2.17 bits per heavy atom. The van der Waals surface area contributed by atoms with E-state index in [4.69, 9.17) is 16.3 Å². The number of benzene rings is 1. The van der Waals surface area contributed by atoms with E-state index in [0.717, 1.165) is 5.56 Å². The van der Waals surface area contributed by atoms with E-state index in [9.17, 15) is 9.59 Å². The summed E-state index contributed by atoms with van der Waals surface area (Å²) in [7, 11) is 1.57. The number of carbonyl (C=O) groups excluding carboxylic acids is 2. The zero-order valence-electron chi connectivity index (χ0n) is 10.4. The van der Waals surface area contributed by atoms with E-state index in [-0.39, 0.29) is 30.8 Å². The van der Waals surface area contributed by atoms with Gasteiger partial charge in [0.1, 0.15) is 0 Å². The number of halogens is 1. The van der Waals surface area contributed by atoms with Crippen LogP contribution in [0.1, 0.15) is 24.8 Å². The van der Waals surface area contributed by atoms with E-state index >= 15 is 0 Å². The fourth-order valence-electron chi connectivity index (χ4n) is 1.58. The zero-order chi connectivity index (χ0) is 13.5. The van der Waals surface area contributed by atoms with Gasteiger partial charge in [-0.2, -0.15) is 0 Å². The van der Waals surface area contributed by atoms with Gasteiger partial charge in [0.25, 0.3) is 0 Å². The summed E-state index contributed by atoms with van der Waals surface area (Å²) >= 11 is 5.91. The van der Waals surface area contributed by atoms with Crippen LogP contribution in [0.2, 0.25) is 5.02 Å². The lowest BCUT2D eigenvalue weighted by molar-refractivity contribution is -0.142. The van der Waals surface area contributed by atoms with Crippen LogP contribution < -0.4 is 5.32 Å². The van der Waals surface area contributed by atoms with Crippen LogP contribution in [0.3, 0.4) is 0 Å². The number of amides is 1. The van der Waals surface area contributed by atoms with Gasteiger partial charge >= 0.3 is 5.97 Å². The first-order valence-electron chi connectivity index (χ1n) is 5.62. The summed E-state index contributed by atoms with van der Waals surface area (Å²) < 4.78 is 4.98. The van der Waals surface area contributed by atoms with Crippen LogP contribution in [0.25, 0.3) is 0 Å². The molecule has 0 fully saturated rings. The lowest BCUT2D eigenvalue weighted by Gasteiger charge is -2.16. The largest absolute Gasteiger partial charge is 0.465 e. The summed E-state index contributed by atoms with van der Waals surface area (Å²) in [5.41, 5.74) is 0.882. The molecular weight excluding hydrogens is 254 g/mol. The van der Waals surface area contributed by atoms with Crippen LogP contribution in [0.5, 0.6) is 0 Å². The molecule has 1 atom stereocenters. The standard InChI is InChI=1S/C13H16ClNO3/c1-9(16)18-8-11(7-13(17)15-2)10-4-3-5-12(14)6-10/h3-6,11H,7-8H2,1-2H3,(H,15,17). The third-order valence-corrected chi connectivity index (χ3v) is 2.75. The molecule has 0 aromatic heterocycles. The van der Waals surface area contributed by atoms with Crippen LogP contribution in [-0.2, 0) is 14.3 Å². The van der Waals surface area contributed by atoms with Gasteiger partial charge in [-0.1, -0.05) is 23.7 Å². The van der Waals surface area contributed by atoms with Crippen LogP contribution in [0, 0.1) is 0 Å². The predicted molar refractivity (Wildman–Crippen MR) is 69.5 cm³/mol. The van der Waals surface area contributed by atoms with E-state index in [1.165, 1.54) is 6.92 Å². The summed E-state index contributed by atoms with van der Waals surface area (Å²) in [5.74, 6) is -0.654. The first-order chi connectivity index (χ1) is 8.52. The molecule has 1 unspecified atom stereocenters. The topological polar surface area (TPSA) is 55.4 Å². The molecule has 0 saturated carbocycles. The minimum absolute atomic E-state index is 0.105. The van der Waals surface area contributed by atoms with Gasteiger partial charge in [0.15, 0.2) is 0 Å². The summed E-state index contributed by atoms with van der Waals surface area (Å²) in [6.45, 7) is 1.51. The minimum atomic E-state index is -0.362. The highest BCUT2D eigenvalue weighted by Gasteiger charge is 2.17. The highest BCUT2D eigenvalue weighted by molar-refractivity contribution is 6.30. The molecule has 0 radical (unpaired) electrons. The van der Waals surface area contributed by atoms with Crippen LogP contribution in [0.15, 0.2) is 24.3 Å². The molecule has 1 aromatic rings. The van der Waals surface area contributed by atoms with E-state index < -0.39 is 0 Å². The first-order valence-corrected chi connectivity index (χ1v) is 6.00. The Morgan fingerprint density at radius 1 is 1.44 bits per heavy atom. The monoisotopic (exact) mass is 269 g/mol. The first kappa shape index (κ1) is 14.5. The van der Waals surface area contributed by atoms with E-state index in [0.29, 0.717) is 5.02 Å². The average Bonchev–Trinajstić information content (AvgIpc) is 2.33. The number of ether oxygens (including phenoxy) is 1. The molecule has 1 rings (SSSR count). The Bertz CT molecular complexity index is 434. The van der Waals surface area contributed by atoms with Gasteiger partial charge in [-0.25, -0.2) is 0 Å². The minimum Gasteiger partial charge on any atom is -0.465 e. The van der Waals surface area contributed by atoms with Crippen molar-refractivity contribution in [1.82, 2.24) is 5.32 Å². The Kier molecular flexibility index (Phi) is 5.65. The third kappa shape index (κ3) is 4.75. The molecule has 0 saturated heterocycles. The normalized spacial score (nSPS) is 11.7. The van der Waals surface area contributed by atoms with Crippen molar-refractivity contribution in [1.29, 1.82) is 0 Å². The van der Waals surface area contributed by atoms with Crippen molar-refractivity contribution in [2.24, 2.45) is 0 Å². The molecule has 0 bridgehead atoms. The maximum Gasteiger partial charge on any atom is 0.302 e. The van der Waals surface area contributed by atoms with Crippen molar-refractivity contribution < 1.29 is 14.3 Å². The molecule has 0 aliphatic carbocycles. The number of hydrogen-bond donors (Lipinski definition) is 1. The molecule has 0 aliphatic heterocycles. The number of rotatable bonds is 5. The lowest BCUT2D eigenvalue weighted by atomic mass is 9.96. The Morgan fingerprint density at radius 3 is 2.72 bits per heavy atom. The van der Waals surface area contributed by atoms with Gasteiger partial charge in [0, 0.05) is 31.3 Å². The predicted octanol–water partition coefficient (Wildman–Crippen LogP) is 2.12. The fraction of sp³-hybridized carbons (Fsp3) is 0.385. The van der Waals surface area contributed by atoms with Gasteiger partial charge in [0.05, 0.1) is 6.61 Å². The molecule has 1 amide bonds. The fourth-order valence-corrected chi connectivity index (χ4v) is 1.78. The van der Waals surface area contributed by atoms with Crippen LogP contribution in [0.4, 0.5) is 0 Å². The maximum atomic E-state index is 11.4. The van der Waals surface area contributed by atoms with Crippen molar-refractivity contribution in [2.45, 2.75) is 19.3 Å². The molecule has 5 heteroatoms. The SMILES string of the molecule is CNC(=O)CC(COC(C)=O)c1cccc(Cl)c1. The van der Waals surface area contributed by atoms with Gasteiger partial charge < -0.3 is 10.1 Å². The van der Waals surface area contributed by atoms with Gasteiger partial charge in [-0.3, -0.25) is 9.59 Å². The van der Waals surface area contributed by atoms with Crippen molar-refractivity contribution >= 4 is 23.5 Å². The van der Waals surface area contributed by atoms with Gasteiger partial charge in [-0.05, 0) is 17.7 Å². The molecule has 4 nitrogen and oxygen atoms in total. The second kappa shape index (κ2) is 7.01. The van der Waals surface area contributed by atoms with Gasteiger partial charge in [0.2, 0.25) is 5.91 Å². The molecule has 1 N–H and O–H groups in total. The molecule has 98 valence electrons. The summed E-state index contributed by atoms with van der Waals surface area (Å²) in [6, 6.07) is 7.21. The summed E-state index contributed by atoms with van der Waals surface area (Å²) in [4.78, 5) is 22.3. The second-order valence-electron chi connectivity index (χ2n) is 3.93. The maximum absolute atomic E-state index is 11.4. The Labute approximate surface area is 111 Å². The Balaban J connectivity index is 2.81. The van der Waals surface area contributed by atoms with Crippen LogP contribution in [-0.4, -0.2) is 25.5 Å². The van der Waals surface area contributed by atoms with E-state index in [2.05, 4.69) is 5.32 Å². The van der Waals surface area contributed by atoms with Crippen molar-refractivity contribution in [3.63, 3.8) is 0 Å². The summed E-state index contributed by atoms with van der Waals surface area (Å²) in [5, 5.41) is 3.15. The third-order valence-electron chi connectivity index (χ3n) is 2.52. The van der Waals surface area contributed by atoms with Crippen molar-refractivity contribution in [3.05, 3.63) is 34.9 Å². The number of nitrogens with one attached hydrogen (secondary N) is 1. The van der Waals surface area contributed by atoms with Crippen LogP contribution >= 0.6 is 11.6 Å². The van der Waals surface area contributed by atoms with E-state index in [1.54, 1.807) is 19.2 Å². The zero-order valence-corrected chi connectivity index (χ0v) is 11.2. The van der Waals surface area contributed by atoms with E-state index in [1.807, 2.05) is 12.1 Å². The average molecular weight is 270 g/mol. The Hall–Kier alpha value is -1.55. The molecular formula is C13H16ClNO3. The van der Waals surface area contributed by atoms with Crippen molar-refractivity contribution in [3.8, 4) is 0 Å². The molecule has 18 heavy (non-hydrogen) atoms.